The molecule has 2 aromatic heterocycles. The Hall–Kier alpha value is -3.35. The molecule has 1 aliphatic rings. The standard InChI is InChI=1S/C19H16F3N5O2/c1-10-13(15(24)16-17(25-10)27-29-26-16)6-11-2-3-12(8-23)14(7-11)28-9-18(4-5-18)19(20,21)22/h2-3,7H,4-6,9,24H2,1H3. The fourth-order valence-corrected chi connectivity index (χ4v) is 3.18. The molecule has 0 amide bonds. The maximum absolute atomic E-state index is 13.2. The summed E-state index contributed by atoms with van der Waals surface area (Å²) in [5.41, 5.74) is 7.57. The molecule has 1 aliphatic carbocycles. The van der Waals surface area contributed by atoms with Crippen molar-refractivity contribution in [1.82, 2.24) is 15.3 Å². The molecule has 10 heteroatoms. The molecule has 2 N–H and O–H groups in total. The third-order valence-electron chi connectivity index (χ3n) is 5.27. The second kappa shape index (κ2) is 6.62. The van der Waals surface area contributed by atoms with Crippen LogP contribution in [0.4, 0.5) is 18.9 Å². The van der Waals surface area contributed by atoms with Crippen LogP contribution in [0.5, 0.6) is 5.75 Å². The van der Waals surface area contributed by atoms with E-state index in [1.165, 1.54) is 6.07 Å². The van der Waals surface area contributed by atoms with Gasteiger partial charge < -0.3 is 10.5 Å². The van der Waals surface area contributed by atoms with Gasteiger partial charge in [0.15, 0.2) is 5.52 Å². The number of ether oxygens (including phenoxy) is 1. The lowest BCUT2D eigenvalue weighted by atomic mass is 10.00. The van der Waals surface area contributed by atoms with E-state index in [0.717, 1.165) is 0 Å². The first-order chi connectivity index (χ1) is 13.7. The van der Waals surface area contributed by atoms with Crippen LogP contribution < -0.4 is 10.5 Å². The zero-order valence-electron chi connectivity index (χ0n) is 15.4. The van der Waals surface area contributed by atoms with E-state index in [2.05, 4.69) is 19.9 Å². The van der Waals surface area contributed by atoms with Gasteiger partial charge in [0.05, 0.1) is 11.3 Å². The topological polar surface area (TPSA) is 111 Å². The number of aryl methyl sites for hydroxylation is 1. The van der Waals surface area contributed by atoms with E-state index >= 15 is 0 Å². The number of hydrogen-bond donors (Lipinski definition) is 1. The number of aromatic nitrogens is 3. The van der Waals surface area contributed by atoms with E-state index in [4.69, 9.17) is 10.5 Å². The number of nitrogens with two attached hydrogens (primary N) is 1. The molecule has 29 heavy (non-hydrogen) atoms. The van der Waals surface area contributed by atoms with Crippen LogP contribution in [-0.4, -0.2) is 28.1 Å². The molecule has 0 unspecified atom stereocenters. The van der Waals surface area contributed by atoms with Crippen LogP contribution in [0.1, 0.15) is 35.2 Å². The first-order valence-corrected chi connectivity index (χ1v) is 8.84. The van der Waals surface area contributed by atoms with Crippen molar-refractivity contribution >= 4 is 16.9 Å². The summed E-state index contributed by atoms with van der Waals surface area (Å²) in [4.78, 5) is 4.30. The van der Waals surface area contributed by atoms with Crippen molar-refractivity contribution in [2.24, 2.45) is 5.41 Å². The van der Waals surface area contributed by atoms with Crippen molar-refractivity contribution in [1.29, 1.82) is 5.26 Å². The second-order valence-corrected chi connectivity index (χ2v) is 7.21. The van der Waals surface area contributed by atoms with Gasteiger partial charge in [-0.1, -0.05) is 6.07 Å². The minimum Gasteiger partial charge on any atom is -0.491 e. The quantitative estimate of drug-likeness (QED) is 0.691. The molecular weight excluding hydrogens is 387 g/mol. The summed E-state index contributed by atoms with van der Waals surface area (Å²) in [5.74, 6) is 0.119. The Labute approximate surface area is 163 Å². The Bertz CT molecular complexity index is 1130. The van der Waals surface area contributed by atoms with E-state index < -0.39 is 18.2 Å². The monoisotopic (exact) mass is 403 g/mol. The Balaban J connectivity index is 1.61. The second-order valence-electron chi connectivity index (χ2n) is 7.21. The van der Waals surface area contributed by atoms with Crippen molar-refractivity contribution in [3.8, 4) is 11.8 Å². The van der Waals surface area contributed by atoms with E-state index in [0.29, 0.717) is 40.1 Å². The van der Waals surface area contributed by atoms with Crippen LogP contribution in [0.2, 0.25) is 0 Å². The van der Waals surface area contributed by atoms with Gasteiger partial charge in [-0.3, -0.25) is 0 Å². The number of halogens is 3. The minimum absolute atomic E-state index is 0.0330. The van der Waals surface area contributed by atoms with Crippen LogP contribution in [0.3, 0.4) is 0 Å². The normalized spacial score (nSPS) is 15.3. The maximum atomic E-state index is 13.2. The Morgan fingerprint density at radius 1 is 1.31 bits per heavy atom. The summed E-state index contributed by atoms with van der Waals surface area (Å²) in [5, 5.41) is 16.7. The molecule has 1 fully saturated rings. The highest BCUT2D eigenvalue weighted by Gasteiger charge is 2.63. The molecule has 0 radical (unpaired) electrons. The zero-order chi connectivity index (χ0) is 20.8. The Morgan fingerprint density at radius 2 is 2.07 bits per heavy atom. The lowest BCUT2D eigenvalue weighted by Crippen LogP contribution is -2.30. The van der Waals surface area contributed by atoms with E-state index in [-0.39, 0.29) is 24.2 Å². The third-order valence-corrected chi connectivity index (χ3v) is 5.27. The van der Waals surface area contributed by atoms with Gasteiger partial charge in [0.25, 0.3) is 0 Å². The van der Waals surface area contributed by atoms with Gasteiger partial charge >= 0.3 is 6.18 Å². The predicted molar refractivity (Wildman–Crippen MR) is 95.9 cm³/mol. The molecule has 3 aromatic rings. The van der Waals surface area contributed by atoms with Crippen molar-refractivity contribution in [2.45, 2.75) is 32.4 Å². The minimum atomic E-state index is -4.32. The molecule has 150 valence electrons. The molecule has 0 saturated heterocycles. The van der Waals surface area contributed by atoms with Gasteiger partial charge in [-0.15, -0.1) is 0 Å². The zero-order valence-corrected chi connectivity index (χ0v) is 15.4. The van der Waals surface area contributed by atoms with E-state index in [9.17, 15) is 18.4 Å². The molecule has 0 aliphatic heterocycles. The average Bonchev–Trinajstić information content (AvgIpc) is 3.34. The van der Waals surface area contributed by atoms with Crippen molar-refractivity contribution in [3.05, 3.63) is 40.6 Å². The van der Waals surface area contributed by atoms with Crippen molar-refractivity contribution in [3.63, 3.8) is 0 Å². The van der Waals surface area contributed by atoms with Crippen molar-refractivity contribution in [2.75, 3.05) is 12.3 Å². The number of alkyl halides is 3. The SMILES string of the molecule is Cc1nc2nonc2c(N)c1Cc1ccc(C#N)c(OCC2(C(F)(F)F)CC2)c1. The van der Waals surface area contributed by atoms with Gasteiger partial charge in [-0.25, -0.2) is 9.61 Å². The average molecular weight is 403 g/mol. The van der Waals surface area contributed by atoms with Crippen LogP contribution in [-0.2, 0) is 6.42 Å². The van der Waals surface area contributed by atoms with Gasteiger partial charge in [0.1, 0.15) is 23.8 Å². The highest BCUT2D eigenvalue weighted by atomic mass is 19.4. The smallest absolute Gasteiger partial charge is 0.397 e. The molecule has 2 heterocycles. The molecule has 0 bridgehead atoms. The first kappa shape index (κ1) is 19.0. The van der Waals surface area contributed by atoms with Crippen LogP contribution in [0.15, 0.2) is 22.8 Å². The third kappa shape index (κ3) is 3.33. The first-order valence-electron chi connectivity index (χ1n) is 8.84. The molecule has 1 saturated carbocycles. The molecule has 1 aromatic carbocycles. The number of anilines is 1. The van der Waals surface area contributed by atoms with Crippen LogP contribution >= 0.6 is 0 Å². The number of nitrogen functional groups attached to an aromatic ring is 1. The Kier molecular flexibility index (Phi) is 4.33. The Morgan fingerprint density at radius 3 is 2.72 bits per heavy atom. The van der Waals surface area contributed by atoms with Gasteiger partial charge in [0, 0.05) is 17.7 Å². The van der Waals surface area contributed by atoms with E-state index in [1.807, 2.05) is 6.07 Å². The molecule has 0 atom stereocenters. The number of rotatable bonds is 5. The fourth-order valence-electron chi connectivity index (χ4n) is 3.18. The summed E-state index contributed by atoms with van der Waals surface area (Å²) in [6, 6.07) is 6.74. The van der Waals surface area contributed by atoms with Crippen LogP contribution in [0, 0.1) is 23.7 Å². The van der Waals surface area contributed by atoms with Gasteiger partial charge in [-0.2, -0.15) is 18.4 Å². The summed E-state index contributed by atoms with van der Waals surface area (Å²) >= 11 is 0. The molecule has 0 spiro atoms. The summed E-state index contributed by atoms with van der Waals surface area (Å²) in [6.07, 6.45) is -3.92. The summed E-state index contributed by atoms with van der Waals surface area (Å²) < 4.78 is 49.6. The largest absolute Gasteiger partial charge is 0.491 e. The van der Waals surface area contributed by atoms with Gasteiger partial charge in [-0.05, 0) is 47.8 Å². The van der Waals surface area contributed by atoms with Gasteiger partial charge in [0.2, 0.25) is 5.65 Å². The summed E-state index contributed by atoms with van der Waals surface area (Å²) in [7, 11) is 0. The fraction of sp³-hybridized carbons (Fsp3) is 0.368. The molecular formula is C19H16F3N5O2. The number of benzene rings is 1. The lowest BCUT2D eigenvalue weighted by molar-refractivity contribution is -0.194. The van der Waals surface area contributed by atoms with Crippen LogP contribution in [0.25, 0.3) is 11.2 Å². The lowest BCUT2D eigenvalue weighted by Gasteiger charge is -2.20. The number of fused-ring (bicyclic) bond motifs is 1. The van der Waals surface area contributed by atoms with E-state index in [1.54, 1.807) is 19.1 Å². The highest BCUT2D eigenvalue weighted by Crippen LogP contribution is 2.57. The molecule has 7 nitrogen and oxygen atoms in total. The number of nitrogens with zero attached hydrogens (tertiary/aromatic N) is 4. The summed E-state index contributed by atoms with van der Waals surface area (Å²) in [6.45, 7) is 1.26. The van der Waals surface area contributed by atoms with Crippen molar-refractivity contribution < 1.29 is 22.5 Å². The predicted octanol–water partition coefficient (Wildman–Crippen LogP) is 3.69. The maximum Gasteiger partial charge on any atom is 0.397 e. The highest BCUT2D eigenvalue weighted by molar-refractivity contribution is 5.85. The number of pyridine rings is 1. The number of nitriles is 1. The molecule has 4 rings (SSSR count). The number of hydrogen-bond acceptors (Lipinski definition) is 7.